The molecule has 2 aliphatic rings. The first-order valence-electron chi connectivity index (χ1n) is 11.8. The zero-order valence-corrected chi connectivity index (χ0v) is 21.1. The number of nitrogens with zero attached hydrogens (tertiary/aromatic N) is 3. The van der Waals surface area contributed by atoms with Crippen LogP contribution in [0.3, 0.4) is 0 Å². The molecule has 7 heteroatoms. The highest BCUT2D eigenvalue weighted by Crippen LogP contribution is 2.47. The molecule has 2 N–H and O–H groups in total. The van der Waals surface area contributed by atoms with E-state index in [4.69, 9.17) is 28.9 Å². The molecule has 6 rings (SSSR count). The summed E-state index contributed by atoms with van der Waals surface area (Å²) in [7, 11) is 2.04. The van der Waals surface area contributed by atoms with E-state index in [1.54, 1.807) is 23.1 Å². The topological polar surface area (TPSA) is 75.0 Å². The number of para-hydroxylation sites is 1. The molecule has 0 amide bonds. The number of rotatable bonds is 2. The molecule has 2 heterocycles. The number of nitrogens with two attached hydrogens (primary N) is 1. The van der Waals surface area contributed by atoms with Crippen molar-refractivity contribution < 1.29 is 4.79 Å². The number of halogens is 2. The molecule has 1 aromatic heterocycles. The van der Waals surface area contributed by atoms with Crippen LogP contribution in [0.4, 0.5) is 5.69 Å². The smallest absolute Gasteiger partial charge is 0.161 e. The van der Waals surface area contributed by atoms with Gasteiger partial charge in [-0.25, -0.2) is 0 Å². The van der Waals surface area contributed by atoms with Crippen LogP contribution in [0.5, 0.6) is 0 Å². The lowest BCUT2D eigenvalue weighted by atomic mass is 9.75. The van der Waals surface area contributed by atoms with Crippen LogP contribution in [0.25, 0.3) is 21.8 Å². The molecule has 0 saturated heterocycles. The molecule has 1 atom stereocenters. The van der Waals surface area contributed by atoms with Crippen LogP contribution < -0.4 is 10.6 Å². The largest absolute Gasteiger partial charge is 0.384 e. The molecule has 0 spiro atoms. The predicted molar refractivity (Wildman–Crippen MR) is 145 cm³/mol. The molecule has 178 valence electrons. The zero-order valence-electron chi connectivity index (χ0n) is 19.6. The Kier molecular flexibility index (Phi) is 5.33. The maximum Gasteiger partial charge on any atom is 0.161 e. The normalized spacial score (nSPS) is 18.2. The third-order valence-electron chi connectivity index (χ3n) is 7.29. The summed E-state index contributed by atoms with van der Waals surface area (Å²) in [6.45, 7) is 0. The fourth-order valence-electron chi connectivity index (χ4n) is 5.75. The molecule has 0 saturated carbocycles. The lowest BCUT2D eigenvalue weighted by molar-refractivity contribution is -0.116. The minimum atomic E-state index is -0.535. The van der Waals surface area contributed by atoms with Gasteiger partial charge in [-0.2, -0.15) is 5.26 Å². The summed E-state index contributed by atoms with van der Waals surface area (Å²) in [6, 6.07) is 21.9. The fraction of sp³-hybridized carbons (Fsp3) is 0.172. The number of ketones is 1. The number of hydrogen-bond donors (Lipinski definition) is 1. The minimum Gasteiger partial charge on any atom is -0.384 e. The van der Waals surface area contributed by atoms with Crippen LogP contribution in [0.1, 0.15) is 30.7 Å². The van der Waals surface area contributed by atoms with Crippen LogP contribution in [0.15, 0.2) is 83.3 Å². The number of anilines is 1. The molecule has 1 aliphatic carbocycles. The van der Waals surface area contributed by atoms with Crippen LogP contribution in [0, 0.1) is 11.3 Å². The lowest BCUT2D eigenvalue weighted by Crippen LogP contribution is -2.38. The van der Waals surface area contributed by atoms with Crippen molar-refractivity contribution >= 4 is 56.5 Å². The molecule has 0 unspecified atom stereocenters. The van der Waals surface area contributed by atoms with Gasteiger partial charge < -0.3 is 10.3 Å². The van der Waals surface area contributed by atoms with E-state index in [9.17, 15) is 10.1 Å². The SMILES string of the molecule is Cn1c2ccccc2c2cc([C@H]3C(C#N)=C(N)N(c4cc(Cl)cc(Cl)c4)C4=C3C(=O)CCC4)ccc21. The van der Waals surface area contributed by atoms with Gasteiger partial charge in [-0.3, -0.25) is 9.69 Å². The van der Waals surface area contributed by atoms with Crippen molar-refractivity contribution in [1.29, 1.82) is 5.26 Å². The van der Waals surface area contributed by atoms with Crippen molar-refractivity contribution in [1.82, 2.24) is 4.57 Å². The maximum absolute atomic E-state index is 13.5. The Morgan fingerprint density at radius 3 is 2.44 bits per heavy atom. The minimum absolute atomic E-state index is 0.0395. The third-order valence-corrected chi connectivity index (χ3v) is 7.73. The van der Waals surface area contributed by atoms with E-state index in [1.807, 2.05) is 25.2 Å². The Morgan fingerprint density at radius 2 is 1.69 bits per heavy atom. The Labute approximate surface area is 218 Å². The molecule has 3 aromatic carbocycles. The van der Waals surface area contributed by atoms with Gasteiger partial charge in [-0.1, -0.05) is 47.5 Å². The average Bonchev–Trinajstić information content (AvgIpc) is 3.14. The summed E-state index contributed by atoms with van der Waals surface area (Å²) in [6.07, 6.45) is 1.82. The quantitative estimate of drug-likeness (QED) is 0.315. The molecule has 0 bridgehead atoms. The van der Waals surface area contributed by atoms with Gasteiger partial charge in [-0.05, 0) is 54.8 Å². The van der Waals surface area contributed by atoms with Gasteiger partial charge in [0.1, 0.15) is 5.82 Å². The number of aromatic nitrogens is 1. The van der Waals surface area contributed by atoms with Gasteiger partial charge in [0.15, 0.2) is 5.78 Å². The summed E-state index contributed by atoms with van der Waals surface area (Å²) in [4.78, 5) is 15.2. The van der Waals surface area contributed by atoms with Gasteiger partial charge in [0.2, 0.25) is 0 Å². The Hall–Kier alpha value is -3.72. The van der Waals surface area contributed by atoms with E-state index in [-0.39, 0.29) is 5.78 Å². The molecule has 1 aliphatic heterocycles. The number of fused-ring (bicyclic) bond motifs is 3. The molecule has 0 fully saturated rings. The van der Waals surface area contributed by atoms with Crippen molar-refractivity contribution in [3.05, 3.63) is 98.9 Å². The van der Waals surface area contributed by atoms with Crippen LogP contribution in [-0.4, -0.2) is 10.4 Å². The average molecular weight is 513 g/mol. The summed E-state index contributed by atoms with van der Waals surface area (Å²) in [5, 5.41) is 13.4. The van der Waals surface area contributed by atoms with Gasteiger partial charge in [0, 0.05) is 56.6 Å². The first kappa shape index (κ1) is 22.7. The molecule has 5 nitrogen and oxygen atoms in total. The van der Waals surface area contributed by atoms with Crippen molar-refractivity contribution in [2.24, 2.45) is 12.8 Å². The summed E-state index contributed by atoms with van der Waals surface area (Å²) in [5.41, 5.74) is 12.2. The van der Waals surface area contributed by atoms with Crippen LogP contribution >= 0.6 is 23.2 Å². The van der Waals surface area contributed by atoms with Gasteiger partial charge in [-0.15, -0.1) is 0 Å². The van der Waals surface area contributed by atoms with E-state index < -0.39 is 5.92 Å². The highest BCUT2D eigenvalue weighted by atomic mass is 35.5. The number of nitriles is 1. The number of aryl methyl sites for hydroxylation is 1. The molecule has 36 heavy (non-hydrogen) atoms. The second-order valence-corrected chi connectivity index (χ2v) is 10.2. The highest BCUT2D eigenvalue weighted by Gasteiger charge is 2.40. The number of Topliss-reactive ketones (excluding diaryl/α,β-unsaturated/α-hetero) is 1. The van der Waals surface area contributed by atoms with E-state index in [1.165, 1.54) is 0 Å². The molecule has 0 radical (unpaired) electrons. The van der Waals surface area contributed by atoms with Gasteiger partial charge >= 0.3 is 0 Å². The standard InChI is InChI=1S/C29H22Cl2N4O/c1-34-23-6-3-2-5-20(23)21-11-16(9-10-24(21)34)27-22(15-32)29(33)35(19-13-17(30)12-18(31)14-19)25-7-4-8-26(36)28(25)27/h2-3,5-6,9-14,27H,4,7-8,33H2,1H3/t27-/m0/s1. The van der Waals surface area contributed by atoms with E-state index >= 15 is 0 Å². The number of benzene rings is 3. The summed E-state index contributed by atoms with van der Waals surface area (Å²) >= 11 is 12.6. The van der Waals surface area contributed by atoms with E-state index in [0.29, 0.717) is 52.0 Å². The second kappa shape index (κ2) is 8.44. The van der Waals surface area contributed by atoms with E-state index in [2.05, 4.69) is 34.9 Å². The van der Waals surface area contributed by atoms with Gasteiger partial charge in [0.05, 0.1) is 23.2 Å². The van der Waals surface area contributed by atoms with E-state index in [0.717, 1.165) is 33.1 Å². The second-order valence-electron chi connectivity index (χ2n) is 9.30. The first-order chi connectivity index (χ1) is 17.4. The fourth-order valence-corrected chi connectivity index (χ4v) is 6.26. The predicted octanol–water partition coefficient (Wildman–Crippen LogP) is 6.94. The number of allylic oxidation sites excluding steroid dienone is 3. The van der Waals surface area contributed by atoms with Crippen molar-refractivity contribution in [2.75, 3.05) is 4.90 Å². The van der Waals surface area contributed by atoms with Crippen molar-refractivity contribution in [3.8, 4) is 6.07 Å². The Bertz CT molecular complexity index is 1690. The summed E-state index contributed by atoms with van der Waals surface area (Å²) < 4.78 is 2.16. The number of hydrogen-bond acceptors (Lipinski definition) is 4. The summed E-state index contributed by atoms with van der Waals surface area (Å²) in [5.74, 6) is -0.197. The Balaban J connectivity index is 1.61. The zero-order chi connectivity index (χ0) is 25.1. The maximum atomic E-state index is 13.5. The molecular formula is C29H22Cl2N4O. The van der Waals surface area contributed by atoms with Crippen LogP contribution in [-0.2, 0) is 11.8 Å². The van der Waals surface area contributed by atoms with Crippen molar-refractivity contribution in [2.45, 2.75) is 25.2 Å². The number of carbonyl (C=O) groups excluding carboxylic acids is 1. The number of carbonyl (C=O) groups is 1. The lowest BCUT2D eigenvalue weighted by Gasteiger charge is -2.39. The van der Waals surface area contributed by atoms with Crippen LogP contribution in [0.2, 0.25) is 10.0 Å². The van der Waals surface area contributed by atoms with Crippen molar-refractivity contribution in [3.63, 3.8) is 0 Å². The third kappa shape index (κ3) is 3.33. The monoisotopic (exact) mass is 512 g/mol. The highest BCUT2D eigenvalue weighted by molar-refractivity contribution is 6.35. The Morgan fingerprint density at radius 1 is 0.972 bits per heavy atom. The molecule has 4 aromatic rings. The first-order valence-corrected chi connectivity index (χ1v) is 12.5. The van der Waals surface area contributed by atoms with Gasteiger partial charge in [0.25, 0.3) is 0 Å². The molecular weight excluding hydrogens is 491 g/mol.